The van der Waals surface area contributed by atoms with Gasteiger partial charge in [-0.05, 0) is 89.9 Å². The lowest BCUT2D eigenvalue weighted by Crippen LogP contribution is -2.30. The molecule has 0 rings (SSSR count). The third-order valence-corrected chi connectivity index (χ3v) is 11.7. The van der Waals surface area contributed by atoms with E-state index in [9.17, 15) is 14.4 Å². The summed E-state index contributed by atoms with van der Waals surface area (Å²) in [5.74, 6) is -0.899. The Morgan fingerprint density at radius 1 is 0.323 bits per heavy atom. The number of allylic oxidation sites excluding steroid dienone is 12. The Kier molecular flexibility index (Phi) is 50.9. The molecule has 65 heavy (non-hydrogen) atoms. The fourth-order valence-electron chi connectivity index (χ4n) is 7.58. The van der Waals surface area contributed by atoms with Gasteiger partial charge in [0.05, 0.1) is 0 Å². The van der Waals surface area contributed by atoms with Crippen LogP contribution in [0, 0.1) is 0 Å². The molecule has 6 heteroatoms. The third kappa shape index (κ3) is 51.7. The molecule has 0 saturated carbocycles. The molecule has 0 heterocycles. The molecule has 0 bridgehead atoms. The van der Waals surface area contributed by atoms with Crippen molar-refractivity contribution in [3.8, 4) is 0 Å². The SMILES string of the molecule is CC/C=C\C/C=C\C/C=C\C/C=C\CCCCCCCCCCC(=O)OCC(COC(=O)CCCCCCCCCCCCC)OC(=O)CCCCCCC/C=C\C/C=C\CCCCC. The number of hydrogen-bond acceptors (Lipinski definition) is 6. The number of hydrogen-bond donors (Lipinski definition) is 0. The smallest absolute Gasteiger partial charge is 0.306 e. The molecule has 6 nitrogen and oxygen atoms in total. The summed E-state index contributed by atoms with van der Waals surface area (Å²) in [6.07, 6.45) is 67.4. The van der Waals surface area contributed by atoms with Crippen molar-refractivity contribution in [2.45, 2.75) is 271 Å². The maximum absolute atomic E-state index is 12.8. The normalized spacial score (nSPS) is 12.6. The van der Waals surface area contributed by atoms with E-state index >= 15 is 0 Å². The van der Waals surface area contributed by atoms with Gasteiger partial charge in [0, 0.05) is 19.3 Å². The third-order valence-electron chi connectivity index (χ3n) is 11.7. The van der Waals surface area contributed by atoms with Crippen LogP contribution in [0.3, 0.4) is 0 Å². The molecule has 0 fully saturated rings. The van der Waals surface area contributed by atoms with Crippen molar-refractivity contribution in [3.63, 3.8) is 0 Å². The number of carbonyl (C=O) groups is 3. The van der Waals surface area contributed by atoms with Crippen molar-refractivity contribution in [2.24, 2.45) is 0 Å². The molecule has 0 aromatic heterocycles. The minimum Gasteiger partial charge on any atom is -0.462 e. The molecule has 0 saturated heterocycles. The quantitative estimate of drug-likeness (QED) is 0.0262. The summed E-state index contributed by atoms with van der Waals surface area (Å²) in [6, 6.07) is 0. The van der Waals surface area contributed by atoms with Gasteiger partial charge in [0.2, 0.25) is 0 Å². The molecule has 0 aliphatic carbocycles. The van der Waals surface area contributed by atoms with Crippen molar-refractivity contribution in [1.82, 2.24) is 0 Å². The molecular weight excluding hydrogens is 805 g/mol. The monoisotopic (exact) mass is 907 g/mol. The predicted octanol–water partition coefficient (Wildman–Crippen LogP) is 18.2. The van der Waals surface area contributed by atoms with Gasteiger partial charge in [0.25, 0.3) is 0 Å². The van der Waals surface area contributed by atoms with Crippen LogP contribution in [0.15, 0.2) is 72.9 Å². The first-order valence-electron chi connectivity index (χ1n) is 27.4. The van der Waals surface area contributed by atoms with Gasteiger partial charge >= 0.3 is 17.9 Å². The van der Waals surface area contributed by atoms with Gasteiger partial charge in [-0.25, -0.2) is 0 Å². The molecule has 0 radical (unpaired) electrons. The van der Waals surface area contributed by atoms with Crippen LogP contribution in [0.1, 0.15) is 265 Å². The Bertz CT molecular complexity index is 1230. The van der Waals surface area contributed by atoms with Crippen molar-refractivity contribution >= 4 is 17.9 Å². The Hall–Kier alpha value is -3.15. The van der Waals surface area contributed by atoms with Crippen molar-refractivity contribution in [2.75, 3.05) is 13.2 Å². The average Bonchev–Trinajstić information content (AvgIpc) is 3.30. The van der Waals surface area contributed by atoms with Crippen LogP contribution < -0.4 is 0 Å². The molecule has 0 spiro atoms. The highest BCUT2D eigenvalue weighted by atomic mass is 16.6. The highest BCUT2D eigenvalue weighted by Gasteiger charge is 2.19. The van der Waals surface area contributed by atoms with Gasteiger partial charge in [-0.3, -0.25) is 14.4 Å². The first kappa shape index (κ1) is 61.9. The van der Waals surface area contributed by atoms with Crippen LogP contribution in [-0.2, 0) is 28.6 Å². The minimum absolute atomic E-state index is 0.0819. The first-order valence-corrected chi connectivity index (χ1v) is 27.4. The zero-order valence-corrected chi connectivity index (χ0v) is 42.7. The van der Waals surface area contributed by atoms with E-state index in [-0.39, 0.29) is 31.1 Å². The highest BCUT2D eigenvalue weighted by molar-refractivity contribution is 5.71. The zero-order valence-electron chi connectivity index (χ0n) is 42.7. The second-order valence-electron chi connectivity index (χ2n) is 18.1. The molecule has 0 amide bonds. The summed E-state index contributed by atoms with van der Waals surface area (Å²) in [5.41, 5.74) is 0. The molecule has 0 aromatic carbocycles. The van der Waals surface area contributed by atoms with Crippen molar-refractivity contribution < 1.29 is 28.6 Å². The van der Waals surface area contributed by atoms with Crippen LogP contribution >= 0.6 is 0 Å². The maximum Gasteiger partial charge on any atom is 0.306 e. The number of esters is 3. The molecule has 374 valence electrons. The molecule has 0 aliphatic rings. The molecule has 0 aliphatic heterocycles. The Labute approximate surface area is 402 Å². The lowest BCUT2D eigenvalue weighted by Gasteiger charge is -2.18. The summed E-state index contributed by atoms with van der Waals surface area (Å²) in [6.45, 7) is 6.48. The van der Waals surface area contributed by atoms with Gasteiger partial charge in [-0.2, -0.15) is 0 Å². The van der Waals surface area contributed by atoms with E-state index in [1.54, 1.807) is 0 Å². The van der Waals surface area contributed by atoms with Crippen molar-refractivity contribution in [3.05, 3.63) is 72.9 Å². The van der Waals surface area contributed by atoms with Gasteiger partial charge in [-0.1, -0.05) is 229 Å². The fourth-order valence-corrected chi connectivity index (χ4v) is 7.58. The van der Waals surface area contributed by atoms with Gasteiger partial charge in [0.15, 0.2) is 6.10 Å². The Balaban J connectivity index is 4.35. The predicted molar refractivity (Wildman–Crippen MR) is 279 cm³/mol. The molecule has 1 atom stereocenters. The average molecular weight is 907 g/mol. The van der Waals surface area contributed by atoms with Gasteiger partial charge < -0.3 is 14.2 Å². The van der Waals surface area contributed by atoms with E-state index in [1.165, 1.54) is 109 Å². The summed E-state index contributed by atoms with van der Waals surface area (Å²) in [5, 5.41) is 0. The van der Waals surface area contributed by atoms with E-state index in [0.29, 0.717) is 19.3 Å². The largest absolute Gasteiger partial charge is 0.462 e. The van der Waals surface area contributed by atoms with Crippen LogP contribution in [0.25, 0.3) is 0 Å². The topological polar surface area (TPSA) is 78.9 Å². The number of ether oxygens (including phenoxy) is 3. The summed E-state index contributed by atoms with van der Waals surface area (Å²) >= 11 is 0. The number of rotatable bonds is 49. The van der Waals surface area contributed by atoms with Crippen LogP contribution in [0.4, 0.5) is 0 Å². The molecule has 1 unspecified atom stereocenters. The standard InChI is InChI=1S/C59H102O6/c1-4-7-10-13-16-19-22-24-26-27-28-29-30-31-33-34-37-40-43-46-49-52-58(61)64-55-56(54-63-57(60)51-48-45-42-39-36-21-18-15-12-9-6-3)65-59(62)53-50-47-44-41-38-35-32-25-23-20-17-14-11-8-5-2/h7,10,16-17,19-20,24-26,28-29,32,56H,4-6,8-9,11-15,18,21-23,27,30-31,33-55H2,1-3H3/b10-7-,19-16-,20-17-,26-24-,29-28-,32-25-. The maximum atomic E-state index is 12.8. The van der Waals surface area contributed by atoms with Crippen LogP contribution in [-0.4, -0.2) is 37.2 Å². The highest BCUT2D eigenvalue weighted by Crippen LogP contribution is 2.15. The Morgan fingerprint density at radius 2 is 0.600 bits per heavy atom. The van der Waals surface area contributed by atoms with Crippen LogP contribution in [0.5, 0.6) is 0 Å². The van der Waals surface area contributed by atoms with E-state index in [2.05, 4.69) is 93.7 Å². The van der Waals surface area contributed by atoms with E-state index in [4.69, 9.17) is 14.2 Å². The Morgan fingerprint density at radius 3 is 0.969 bits per heavy atom. The van der Waals surface area contributed by atoms with Gasteiger partial charge in [0.1, 0.15) is 13.2 Å². The molecular formula is C59H102O6. The van der Waals surface area contributed by atoms with Crippen LogP contribution in [0.2, 0.25) is 0 Å². The second kappa shape index (κ2) is 53.5. The second-order valence-corrected chi connectivity index (χ2v) is 18.1. The van der Waals surface area contributed by atoms with E-state index < -0.39 is 6.10 Å². The summed E-state index contributed by atoms with van der Waals surface area (Å²) < 4.78 is 16.8. The van der Waals surface area contributed by atoms with Crippen molar-refractivity contribution in [1.29, 1.82) is 0 Å². The zero-order chi connectivity index (χ0) is 47.2. The fraction of sp³-hybridized carbons (Fsp3) is 0.746. The van der Waals surface area contributed by atoms with E-state index in [0.717, 1.165) is 116 Å². The summed E-state index contributed by atoms with van der Waals surface area (Å²) in [7, 11) is 0. The lowest BCUT2D eigenvalue weighted by atomic mass is 10.1. The van der Waals surface area contributed by atoms with Gasteiger partial charge in [-0.15, -0.1) is 0 Å². The molecule has 0 N–H and O–H groups in total. The lowest BCUT2D eigenvalue weighted by molar-refractivity contribution is -0.167. The molecule has 0 aromatic rings. The number of carbonyl (C=O) groups excluding carboxylic acids is 3. The first-order chi connectivity index (χ1) is 32.0. The van der Waals surface area contributed by atoms with E-state index in [1.807, 2.05) is 0 Å². The minimum atomic E-state index is -0.784. The number of unbranched alkanes of at least 4 members (excludes halogenated alkanes) is 26. The summed E-state index contributed by atoms with van der Waals surface area (Å²) in [4.78, 5) is 38.0.